The average Bonchev–Trinajstić information content (AvgIpc) is 2.77. The fourth-order valence-corrected chi connectivity index (χ4v) is 5.24. The number of likely N-dealkylation sites (N-methyl/N-ethyl adjacent to an activating group) is 2. The SMILES string of the molecule is CCN(C(C)CN(C)C)S(=O)(=O)c1ccc(CCl)s1. The molecule has 110 valence electrons. The lowest BCUT2D eigenvalue weighted by atomic mass is 10.3. The molecule has 1 unspecified atom stereocenters. The molecule has 1 rings (SSSR count). The van der Waals surface area contributed by atoms with E-state index in [-0.39, 0.29) is 6.04 Å². The molecule has 0 aliphatic heterocycles. The molecular formula is C12H21ClN2O2S2. The van der Waals surface area contributed by atoms with Crippen molar-refractivity contribution in [2.75, 3.05) is 27.2 Å². The summed E-state index contributed by atoms with van der Waals surface area (Å²) in [6, 6.07) is 3.35. The summed E-state index contributed by atoms with van der Waals surface area (Å²) in [6.45, 7) is 4.95. The topological polar surface area (TPSA) is 40.6 Å². The van der Waals surface area contributed by atoms with Crippen LogP contribution >= 0.6 is 22.9 Å². The fourth-order valence-electron chi connectivity index (χ4n) is 2.02. The molecule has 0 aliphatic carbocycles. The molecule has 1 aromatic rings. The number of rotatable bonds is 7. The summed E-state index contributed by atoms with van der Waals surface area (Å²) in [5.74, 6) is 0.347. The average molecular weight is 325 g/mol. The Morgan fingerprint density at radius 2 is 2.00 bits per heavy atom. The molecule has 0 radical (unpaired) electrons. The molecule has 4 nitrogen and oxygen atoms in total. The Kier molecular flexibility index (Phi) is 6.26. The Labute approximate surface area is 125 Å². The summed E-state index contributed by atoms with van der Waals surface area (Å²) in [6.07, 6.45) is 0. The fraction of sp³-hybridized carbons (Fsp3) is 0.667. The summed E-state index contributed by atoms with van der Waals surface area (Å²) in [5.41, 5.74) is 0. The highest BCUT2D eigenvalue weighted by Crippen LogP contribution is 2.27. The van der Waals surface area contributed by atoms with E-state index in [1.54, 1.807) is 12.1 Å². The molecule has 7 heteroatoms. The maximum absolute atomic E-state index is 12.6. The minimum Gasteiger partial charge on any atom is -0.308 e. The van der Waals surface area contributed by atoms with Crippen LogP contribution in [0.25, 0.3) is 0 Å². The highest BCUT2D eigenvalue weighted by molar-refractivity contribution is 7.91. The second-order valence-electron chi connectivity index (χ2n) is 4.67. The molecule has 0 aromatic carbocycles. The summed E-state index contributed by atoms with van der Waals surface area (Å²) >= 11 is 6.98. The number of nitrogens with zero attached hydrogens (tertiary/aromatic N) is 2. The lowest BCUT2D eigenvalue weighted by molar-refractivity contribution is 0.272. The van der Waals surface area contributed by atoms with Gasteiger partial charge in [0.25, 0.3) is 10.0 Å². The molecule has 0 aliphatic rings. The predicted molar refractivity (Wildman–Crippen MR) is 81.5 cm³/mol. The van der Waals surface area contributed by atoms with Crippen molar-refractivity contribution in [3.8, 4) is 0 Å². The van der Waals surface area contributed by atoms with E-state index >= 15 is 0 Å². The van der Waals surface area contributed by atoms with Crippen LogP contribution in [-0.4, -0.2) is 50.8 Å². The van der Waals surface area contributed by atoms with Gasteiger partial charge in [0, 0.05) is 24.0 Å². The summed E-state index contributed by atoms with van der Waals surface area (Å²) in [4.78, 5) is 2.86. The monoisotopic (exact) mass is 324 g/mol. The first-order chi connectivity index (χ1) is 8.82. The van der Waals surface area contributed by atoms with Crippen molar-refractivity contribution in [2.24, 2.45) is 0 Å². The molecule has 1 aromatic heterocycles. The number of sulfonamides is 1. The van der Waals surface area contributed by atoms with Gasteiger partial charge in [-0.05, 0) is 33.2 Å². The largest absolute Gasteiger partial charge is 0.308 e. The molecule has 19 heavy (non-hydrogen) atoms. The van der Waals surface area contributed by atoms with Crippen LogP contribution in [0, 0.1) is 0 Å². The third kappa shape index (κ3) is 4.16. The third-order valence-corrected chi connectivity index (χ3v) is 6.85. The first-order valence-corrected chi connectivity index (χ1v) is 8.93. The van der Waals surface area contributed by atoms with Crippen molar-refractivity contribution in [3.05, 3.63) is 17.0 Å². The molecule has 0 fully saturated rings. The quantitative estimate of drug-likeness (QED) is 0.723. The lowest BCUT2D eigenvalue weighted by Crippen LogP contribution is -2.43. The number of alkyl halides is 1. The molecule has 1 heterocycles. The van der Waals surface area contributed by atoms with E-state index in [2.05, 4.69) is 0 Å². The van der Waals surface area contributed by atoms with Gasteiger partial charge in [-0.15, -0.1) is 22.9 Å². The van der Waals surface area contributed by atoms with Crippen LogP contribution < -0.4 is 0 Å². The smallest absolute Gasteiger partial charge is 0.252 e. The molecule has 0 spiro atoms. The first-order valence-electron chi connectivity index (χ1n) is 6.14. The molecule has 0 saturated heterocycles. The third-order valence-electron chi connectivity index (χ3n) is 2.76. The van der Waals surface area contributed by atoms with Gasteiger partial charge < -0.3 is 4.90 Å². The Balaban J connectivity index is 3.01. The van der Waals surface area contributed by atoms with Crippen LogP contribution in [0.3, 0.4) is 0 Å². The van der Waals surface area contributed by atoms with Crippen molar-refractivity contribution in [1.82, 2.24) is 9.21 Å². The van der Waals surface area contributed by atoms with E-state index in [1.165, 1.54) is 15.6 Å². The van der Waals surface area contributed by atoms with Crippen molar-refractivity contribution in [1.29, 1.82) is 0 Å². The molecule has 0 saturated carbocycles. The van der Waals surface area contributed by atoms with Gasteiger partial charge in [-0.2, -0.15) is 4.31 Å². The minimum atomic E-state index is -3.42. The zero-order valence-electron chi connectivity index (χ0n) is 11.8. The van der Waals surface area contributed by atoms with Gasteiger partial charge in [0.15, 0.2) is 0 Å². The summed E-state index contributed by atoms with van der Waals surface area (Å²) < 4.78 is 27.1. The van der Waals surface area contributed by atoms with E-state index in [9.17, 15) is 8.42 Å². The predicted octanol–water partition coefficient (Wildman–Crippen LogP) is 2.45. The molecular weight excluding hydrogens is 304 g/mol. The lowest BCUT2D eigenvalue weighted by Gasteiger charge is -2.28. The Hall–Kier alpha value is -0.140. The molecule has 0 bridgehead atoms. The molecule has 0 amide bonds. The number of thiophene rings is 1. The van der Waals surface area contributed by atoms with Gasteiger partial charge >= 0.3 is 0 Å². The zero-order chi connectivity index (χ0) is 14.6. The van der Waals surface area contributed by atoms with E-state index in [0.717, 1.165) is 4.88 Å². The van der Waals surface area contributed by atoms with Crippen LogP contribution in [0.5, 0.6) is 0 Å². The van der Waals surface area contributed by atoms with Gasteiger partial charge in [-0.1, -0.05) is 6.92 Å². The Morgan fingerprint density at radius 1 is 1.37 bits per heavy atom. The standard InChI is InChI=1S/C12H21ClN2O2S2/c1-5-15(10(2)9-14(3)4)19(16,17)12-7-6-11(8-13)18-12/h6-7,10H,5,8-9H2,1-4H3. The summed E-state index contributed by atoms with van der Waals surface area (Å²) in [5, 5.41) is 0. The number of hydrogen-bond donors (Lipinski definition) is 0. The van der Waals surface area contributed by atoms with Crippen LogP contribution in [0.2, 0.25) is 0 Å². The van der Waals surface area contributed by atoms with E-state index in [4.69, 9.17) is 11.6 Å². The summed E-state index contributed by atoms with van der Waals surface area (Å²) in [7, 11) is 0.458. The highest BCUT2D eigenvalue weighted by atomic mass is 35.5. The van der Waals surface area contributed by atoms with Crippen LogP contribution in [0.1, 0.15) is 18.7 Å². The Bertz CT molecular complexity index is 500. The van der Waals surface area contributed by atoms with Crippen molar-refractivity contribution >= 4 is 33.0 Å². The van der Waals surface area contributed by atoms with E-state index in [1.807, 2.05) is 32.8 Å². The van der Waals surface area contributed by atoms with Crippen molar-refractivity contribution in [2.45, 2.75) is 30.0 Å². The van der Waals surface area contributed by atoms with Crippen molar-refractivity contribution < 1.29 is 8.42 Å². The molecule has 0 N–H and O–H groups in total. The Morgan fingerprint density at radius 3 is 2.42 bits per heavy atom. The molecule has 1 atom stereocenters. The van der Waals surface area contributed by atoms with Crippen molar-refractivity contribution in [3.63, 3.8) is 0 Å². The van der Waals surface area contributed by atoms with E-state index in [0.29, 0.717) is 23.2 Å². The van der Waals surface area contributed by atoms with Gasteiger partial charge in [-0.3, -0.25) is 0 Å². The van der Waals surface area contributed by atoms with Crippen LogP contribution in [0.15, 0.2) is 16.3 Å². The van der Waals surface area contributed by atoms with Crippen LogP contribution in [0.4, 0.5) is 0 Å². The normalized spacial score (nSPS) is 14.3. The van der Waals surface area contributed by atoms with Gasteiger partial charge in [0.05, 0.1) is 5.88 Å². The second-order valence-corrected chi connectivity index (χ2v) is 8.23. The first kappa shape index (κ1) is 16.9. The maximum atomic E-state index is 12.6. The van der Waals surface area contributed by atoms with Gasteiger partial charge in [-0.25, -0.2) is 8.42 Å². The number of hydrogen-bond acceptors (Lipinski definition) is 4. The second kappa shape index (κ2) is 7.04. The maximum Gasteiger partial charge on any atom is 0.252 e. The van der Waals surface area contributed by atoms with Gasteiger partial charge in [0.1, 0.15) is 4.21 Å². The highest BCUT2D eigenvalue weighted by Gasteiger charge is 2.29. The minimum absolute atomic E-state index is 0.0634. The zero-order valence-corrected chi connectivity index (χ0v) is 14.1. The van der Waals surface area contributed by atoms with Crippen LogP contribution in [-0.2, 0) is 15.9 Å². The van der Waals surface area contributed by atoms with E-state index < -0.39 is 10.0 Å². The number of halogens is 1. The van der Waals surface area contributed by atoms with Gasteiger partial charge in [0.2, 0.25) is 0 Å².